The summed E-state index contributed by atoms with van der Waals surface area (Å²) in [6.07, 6.45) is 4.92. The van der Waals surface area contributed by atoms with E-state index in [4.69, 9.17) is 5.73 Å². The molecule has 1 fully saturated rings. The predicted octanol–water partition coefficient (Wildman–Crippen LogP) is 1.27. The first-order valence-corrected chi connectivity index (χ1v) is 4.53. The Bertz CT molecular complexity index is 109. The fraction of sp³-hybridized carbons (Fsp3) is 1.00. The second kappa shape index (κ2) is 3.55. The van der Waals surface area contributed by atoms with Crippen molar-refractivity contribution in [3.8, 4) is 0 Å². The van der Waals surface area contributed by atoms with Crippen molar-refractivity contribution in [2.24, 2.45) is 5.73 Å². The summed E-state index contributed by atoms with van der Waals surface area (Å²) in [6.45, 7) is 5.22. The molecule has 0 bridgehead atoms. The van der Waals surface area contributed by atoms with Gasteiger partial charge in [0.05, 0.1) is 0 Å². The lowest BCUT2D eigenvalue weighted by Gasteiger charge is -2.28. The van der Waals surface area contributed by atoms with Gasteiger partial charge in [-0.05, 0) is 33.1 Å². The highest BCUT2D eigenvalue weighted by Gasteiger charge is 2.21. The molecule has 1 heterocycles. The van der Waals surface area contributed by atoms with Crippen molar-refractivity contribution < 1.29 is 0 Å². The summed E-state index contributed by atoms with van der Waals surface area (Å²) in [5.41, 5.74) is 5.87. The number of piperidine rings is 1. The highest BCUT2D eigenvalue weighted by Crippen LogP contribution is 2.16. The van der Waals surface area contributed by atoms with Crippen LogP contribution in [0.5, 0.6) is 0 Å². The lowest BCUT2D eigenvalue weighted by Crippen LogP contribution is -2.40. The SMILES string of the molecule is CC(C)(N)CC1CCCC[N]1. The van der Waals surface area contributed by atoms with Gasteiger partial charge in [0.1, 0.15) is 0 Å². The molecule has 1 aliphatic rings. The van der Waals surface area contributed by atoms with Crippen molar-refractivity contribution in [1.29, 1.82) is 0 Å². The number of nitrogens with two attached hydrogens (primary N) is 1. The summed E-state index contributed by atoms with van der Waals surface area (Å²) in [7, 11) is 0. The molecular weight excluding hydrogens is 136 g/mol. The quantitative estimate of drug-likeness (QED) is 0.641. The fourth-order valence-electron chi connectivity index (χ4n) is 1.63. The number of rotatable bonds is 2. The van der Waals surface area contributed by atoms with Gasteiger partial charge in [-0.3, -0.25) is 0 Å². The van der Waals surface area contributed by atoms with E-state index < -0.39 is 0 Å². The van der Waals surface area contributed by atoms with Crippen LogP contribution in [0.15, 0.2) is 0 Å². The Balaban J connectivity index is 2.24. The van der Waals surface area contributed by atoms with Crippen LogP contribution in [0.2, 0.25) is 0 Å². The zero-order valence-electron chi connectivity index (χ0n) is 7.64. The molecule has 2 N–H and O–H groups in total. The maximum absolute atomic E-state index is 5.91. The molecule has 65 valence electrons. The minimum Gasteiger partial charge on any atom is -0.326 e. The summed E-state index contributed by atoms with van der Waals surface area (Å²) < 4.78 is 0. The van der Waals surface area contributed by atoms with Crippen molar-refractivity contribution >= 4 is 0 Å². The molecule has 1 saturated heterocycles. The summed E-state index contributed by atoms with van der Waals surface area (Å²) in [5, 5.41) is 4.53. The molecule has 11 heavy (non-hydrogen) atoms. The predicted molar refractivity (Wildman–Crippen MR) is 47.5 cm³/mol. The molecule has 0 aromatic heterocycles. The van der Waals surface area contributed by atoms with Gasteiger partial charge in [-0.15, -0.1) is 0 Å². The van der Waals surface area contributed by atoms with Crippen LogP contribution in [0, 0.1) is 0 Å². The summed E-state index contributed by atoms with van der Waals surface area (Å²) in [6, 6.07) is 0.545. The Kier molecular flexibility index (Phi) is 2.90. The van der Waals surface area contributed by atoms with Crippen LogP contribution in [0.4, 0.5) is 0 Å². The van der Waals surface area contributed by atoms with Gasteiger partial charge in [-0.1, -0.05) is 6.42 Å². The molecule has 0 saturated carbocycles. The van der Waals surface area contributed by atoms with Gasteiger partial charge >= 0.3 is 0 Å². The number of hydrogen-bond acceptors (Lipinski definition) is 1. The maximum atomic E-state index is 5.91. The van der Waals surface area contributed by atoms with Gasteiger partial charge in [0.25, 0.3) is 0 Å². The number of nitrogens with zero attached hydrogens (tertiary/aromatic N) is 1. The maximum Gasteiger partial charge on any atom is 0.0263 e. The first-order valence-electron chi connectivity index (χ1n) is 4.53. The monoisotopic (exact) mass is 155 g/mol. The van der Waals surface area contributed by atoms with E-state index in [9.17, 15) is 0 Å². The average Bonchev–Trinajstić information content (AvgIpc) is 1.85. The Morgan fingerprint density at radius 1 is 1.45 bits per heavy atom. The van der Waals surface area contributed by atoms with E-state index in [0.29, 0.717) is 6.04 Å². The molecule has 1 radical (unpaired) electrons. The molecule has 2 nitrogen and oxygen atoms in total. The third-order valence-electron chi connectivity index (χ3n) is 2.09. The van der Waals surface area contributed by atoms with E-state index in [0.717, 1.165) is 13.0 Å². The first-order chi connectivity index (χ1) is 5.08. The molecule has 1 rings (SSSR count). The lowest BCUT2D eigenvalue weighted by molar-refractivity contribution is 0.315. The van der Waals surface area contributed by atoms with Crippen LogP contribution in [0.1, 0.15) is 39.5 Å². The van der Waals surface area contributed by atoms with Gasteiger partial charge in [0.15, 0.2) is 0 Å². The van der Waals surface area contributed by atoms with Crippen molar-refractivity contribution in [1.82, 2.24) is 5.32 Å². The first kappa shape index (κ1) is 9.01. The summed E-state index contributed by atoms with van der Waals surface area (Å²) >= 11 is 0. The molecule has 0 aliphatic carbocycles. The topological polar surface area (TPSA) is 40.1 Å². The Morgan fingerprint density at radius 3 is 2.64 bits per heavy atom. The Morgan fingerprint density at radius 2 is 2.18 bits per heavy atom. The minimum atomic E-state index is -0.0362. The van der Waals surface area contributed by atoms with Crippen LogP contribution in [-0.4, -0.2) is 18.1 Å². The second-order valence-corrected chi connectivity index (χ2v) is 4.25. The van der Waals surface area contributed by atoms with E-state index in [1.165, 1.54) is 19.3 Å². The fourth-order valence-corrected chi connectivity index (χ4v) is 1.63. The minimum absolute atomic E-state index is 0.0362. The van der Waals surface area contributed by atoms with E-state index in [1.807, 2.05) is 0 Å². The standard InChI is InChI=1S/C9H19N2/c1-9(2,10)7-8-5-3-4-6-11-8/h8H,3-7,10H2,1-2H3. The van der Waals surface area contributed by atoms with Gasteiger partial charge in [-0.2, -0.15) is 0 Å². The van der Waals surface area contributed by atoms with Gasteiger partial charge in [0.2, 0.25) is 0 Å². The Hall–Kier alpha value is -0.0800. The third-order valence-corrected chi connectivity index (χ3v) is 2.09. The lowest BCUT2D eigenvalue weighted by atomic mass is 9.91. The average molecular weight is 155 g/mol. The molecule has 0 spiro atoms. The zero-order valence-corrected chi connectivity index (χ0v) is 7.64. The highest BCUT2D eigenvalue weighted by molar-refractivity contribution is 4.82. The van der Waals surface area contributed by atoms with Crippen LogP contribution < -0.4 is 11.1 Å². The second-order valence-electron chi connectivity index (χ2n) is 4.25. The van der Waals surface area contributed by atoms with E-state index in [-0.39, 0.29) is 5.54 Å². The van der Waals surface area contributed by atoms with Crippen LogP contribution in [-0.2, 0) is 0 Å². The van der Waals surface area contributed by atoms with Gasteiger partial charge in [0, 0.05) is 18.1 Å². The van der Waals surface area contributed by atoms with E-state index in [1.54, 1.807) is 0 Å². The smallest absolute Gasteiger partial charge is 0.0263 e. The van der Waals surface area contributed by atoms with Crippen LogP contribution in [0.25, 0.3) is 0 Å². The highest BCUT2D eigenvalue weighted by atomic mass is 14.9. The molecule has 1 unspecified atom stereocenters. The number of hydrogen-bond donors (Lipinski definition) is 1. The van der Waals surface area contributed by atoms with Gasteiger partial charge < -0.3 is 5.73 Å². The largest absolute Gasteiger partial charge is 0.326 e. The molecule has 0 aromatic carbocycles. The summed E-state index contributed by atoms with van der Waals surface area (Å²) in [4.78, 5) is 0. The molecule has 2 heteroatoms. The molecule has 1 aliphatic heterocycles. The van der Waals surface area contributed by atoms with Crippen molar-refractivity contribution in [2.45, 2.75) is 51.1 Å². The Labute approximate surface area is 69.5 Å². The van der Waals surface area contributed by atoms with Crippen molar-refractivity contribution in [2.75, 3.05) is 6.54 Å². The normalized spacial score (nSPS) is 27.0. The zero-order chi connectivity index (χ0) is 8.32. The van der Waals surface area contributed by atoms with Gasteiger partial charge in [-0.25, -0.2) is 5.32 Å². The molecule has 1 atom stereocenters. The molecule has 0 aromatic rings. The third kappa shape index (κ3) is 3.73. The van der Waals surface area contributed by atoms with E-state index >= 15 is 0 Å². The van der Waals surface area contributed by atoms with E-state index in [2.05, 4.69) is 19.2 Å². The summed E-state index contributed by atoms with van der Waals surface area (Å²) in [5.74, 6) is 0. The van der Waals surface area contributed by atoms with Crippen molar-refractivity contribution in [3.63, 3.8) is 0 Å². The van der Waals surface area contributed by atoms with Crippen LogP contribution in [0.3, 0.4) is 0 Å². The molecular formula is C9H19N2. The van der Waals surface area contributed by atoms with Crippen LogP contribution >= 0.6 is 0 Å². The van der Waals surface area contributed by atoms with Crippen molar-refractivity contribution in [3.05, 3.63) is 0 Å². The molecule has 0 amide bonds.